The molecule has 2 N–H and O–H groups in total. The molecular formula is C20H22ClN3O3. The Morgan fingerprint density at radius 1 is 1.19 bits per heavy atom. The third-order valence-electron chi connectivity index (χ3n) is 4.87. The summed E-state index contributed by atoms with van der Waals surface area (Å²) in [7, 11) is 1.79. The summed E-state index contributed by atoms with van der Waals surface area (Å²) in [5.41, 5.74) is 7.36. The van der Waals surface area contributed by atoms with Crippen LogP contribution in [-0.4, -0.2) is 43.2 Å². The molecule has 3 unspecified atom stereocenters. The number of carbonyl (C=O) groups is 1. The Hall–Kier alpha value is -2.28. The van der Waals surface area contributed by atoms with E-state index in [2.05, 4.69) is 10.9 Å². The van der Waals surface area contributed by atoms with E-state index < -0.39 is 0 Å². The van der Waals surface area contributed by atoms with Crippen LogP contribution in [0.5, 0.6) is 11.5 Å². The van der Waals surface area contributed by atoms with Gasteiger partial charge in [-0.1, -0.05) is 35.9 Å². The number of amides is 1. The van der Waals surface area contributed by atoms with Crippen LogP contribution in [-0.2, 0) is 4.79 Å². The van der Waals surface area contributed by atoms with E-state index >= 15 is 0 Å². The first-order valence-corrected chi connectivity index (χ1v) is 9.38. The highest BCUT2D eigenvalue weighted by molar-refractivity contribution is 6.30. The molecular weight excluding hydrogens is 366 g/mol. The van der Waals surface area contributed by atoms with Crippen molar-refractivity contribution in [2.75, 3.05) is 20.2 Å². The van der Waals surface area contributed by atoms with Gasteiger partial charge >= 0.3 is 0 Å². The number of nitrogens with zero attached hydrogens (tertiary/aromatic N) is 1. The van der Waals surface area contributed by atoms with Crippen LogP contribution < -0.4 is 20.3 Å². The van der Waals surface area contributed by atoms with Crippen LogP contribution >= 0.6 is 11.6 Å². The third kappa shape index (κ3) is 4.03. The maximum Gasteiger partial charge on any atom is 0.241 e. The highest BCUT2D eigenvalue weighted by Gasteiger charge is 2.33. The highest BCUT2D eigenvalue weighted by atomic mass is 35.5. The van der Waals surface area contributed by atoms with E-state index in [1.54, 1.807) is 11.9 Å². The molecule has 4 rings (SSSR count). The summed E-state index contributed by atoms with van der Waals surface area (Å²) >= 11 is 6.07. The van der Waals surface area contributed by atoms with Crippen LogP contribution in [0.25, 0.3) is 0 Å². The first-order chi connectivity index (χ1) is 13.1. The lowest BCUT2D eigenvalue weighted by Crippen LogP contribution is -2.48. The molecule has 2 aliphatic rings. The number of benzene rings is 2. The molecule has 0 radical (unpaired) electrons. The second-order valence-corrected chi connectivity index (χ2v) is 7.34. The number of fused-ring (bicyclic) bond motifs is 1. The predicted molar refractivity (Wildman–Crippen MR) is 103 cm³/mol. The fraction of sp³-hybridized carbons (Fsp3) is 0.350. The van der Waals surface area contributed by atoms with Crippen LogP contribution in [0.3, 0.4) is 0 Å². The summed E-state index contributed by atoms with van der Waals surface area (Å²) in [6.45, 7) is 0.892. The first kappa shape index (κ1) is 18.1. The average molecular weight is 388 g/mol. The fourth-order valence-corrected chi connectivity index (χ4v) is 3.67. The van der Waals surface area contributed by atoms with Gasteiger partial charge in [0, 0.05) is 18.1 Å². The molecule has 3 atom stereocenters. The van der Waals surface area contributed by atoms with Gasteiger partial charge in [-0.25, -0.2) is 10.9 Å². The Kier molecular flexibility index (Phi) is 5.20. The van der Waals surface area contributed by atoms with E-state index in [0.29, 0.717) is 24.6 Å². The largest absolute Gasteiger partial charge is 0.486 e. The number of nitrogens with one attached hydrogen (secondary N) is 2. The highest BCUT2D eigenvalue weighted by Crippen LogP contribution is 2.31. The van der Waals surface area contributed by atoms with Crippen molar-refractivity contribution in [3.05, 3.63) is 59.1 Å². The van der Waals surface area contributed by atoms with Gasteiger partial charge in [0.2, 0.25) is 5.91 Å². The predicted octanol–water partition coefficient (Wildman–Crippen LogP) is 2.55. The second-order valence-electron chi connectivity index (χ2n) is 6.90. The molecule has 2 aromatic carbocycles. The van der Waals surface area contributed by atoms with E-state index in [-0.39, 0.29) is 24.1 Å². The molecule has 0 spiro atoms. The zero-order valence-electron chi connectivity index (χ0n) is 15.0. The average Bonchev–Trinajstić information content (AvgIpc) is 3.17. The van der Waals surface area contributed by atoms with Crippen molar-refractivity contribution in [1.82, 2.24) is 15.8 Å². The monoisotopic (exact) mass is 387 g/mol. The van der Waals surface area contributed by atoms with Crippen molar-refractivity contribution in [2.45, 2.75) is 24.6 Å². The normalized spacial score (nSPS) is 23.9. The van der Waals surface area contributed by atoms with E-state index in [4.69, 9.17) is 21.1 Å². The number of carbonyl (C=O) groups excluding carboxylic acids is 1. The van der Waals surface area contributed by atoms with Crippen LogP contribution in [0.15, 0.2) is 48.5 Å². The number of hydrogen-bond donors (Lipinski definition) is 2. The van der Waals surface area contributed by atoms with Gasteiger partial charge in [-0.3, -0.25) is 4.79 Å². The number of ether oxygens (including phenoxy) is 2. The third-order valence-corrected chi connectivity index (χ3v) is 5.11. The number of para-hydroxylation sites is 2. The van der Waals surface area contributed by atoms with Gasteiger partial charge in [-0.2, -0.15) is 0 Å². The zero-order chi connectivity index (χ0) is 18.8. The van der Waals surface area contributed by atoms with Gasteiger partial charge in [0.25, 0.3) is 0 Å². The summed E-state index contributed by atoms with van der Waals surface area (Å²) in [5, 5.41) is 0.691. The van der Waals surface area contributed by atoms with Gasteiger partial charge < -0.3 is 14.4 Å². The zero-order valence-corrected chi connectivity index (χ0v) is 15.8. The molecule has 6 nitrogen and oxygen atoms in total. The molecule has 0 aliphatic carbocycles. The molecule has 0 saturated carbocycles. The van der Waals surface area contributed by atoms with E-state index in [0.717, 1.165) is 17.1 Å². The summed E-state index contributed by atoms with van der Waals surface area (Å²) in [6.07, 6.45) is 0.473. The quantitative estimate of drug-likeness (QED) is 0.844. The van der Waals surface area contributed by atoms with Crippen molar-refractivity contribution < 1.29 is 14.3 Å². The number of likely N-dealkylation sites (N-methyl/N-ethyl adjacent to an activating group) is 1. The topological polar surface area (TPSA) is 62.8 Å². The molecule has 0 aromatic heterocycles. The van der Waals surface area contributed by atoms with Crippen molar-refractivity contribution >= 4 is 17.5 Å². The molecule has 1 fully saturated rings. The molecule has 1 saturated heterocycles. The van der Waals surface area contributed by atoms with E-state index in [9.17, 15) is 4.79 Å². The first-order valence-electron chi connectivity index (χ1n) is 9.00. The molecule has 2 aromatic rings. The van der Waals surface area contributed by atoms with Crippen molar-refractivity contribution in [3.63, 3.8) is 0 Å². The maximum atomic E-state index is 12.8. The Morgan fingerprint density at radius 2 is 2.00 bits per heavy atom. The SMILES string of the molecule is CN(CC1COc2ccccc2O1)C(=O)C1CC(c2cccc(Cl)c2)NN1. The molecule has 0 bridgehead atoms. The lowest BCUT2D eigenvalue weighted by Gasteiger charge is -2.30. The minimum Gasteiger partial charge on any atom is -0.486 e. The van der Waals surface area contributed by atoms with Crippen molar-refractivity contribution in [1.29, 1.82) is 0 Å². The minimum absolute atomic E-state index is 0.0227. The van der Waals surface area contributed by atoms with E-state index in [1.807, 2.05) is 48.5 Å². The van der Waals surface area contributed by atoms with Crippen molar-refractivity contribution in [2.24, 2.45) is 0 Å². The standard InChI is InChI=1S/C20H22ClN3O3/c1-24(11-15-12-26-18-7-2-3-8-19(18)27-15)20(25)17-10-16(22-23-17)13-5-4-6-14(21)9-13/h2-9,15-17,22-23H,10-12H2,1H3. The minimum atomic E-state index is -0.296. The molecule has 2 heterocycles. The Balaban J connectivity index is 1.33. The van der Waals surface area contributed by atoms with Crippen LogP contribution in [0, 0.1) is 0 Å². The summed E-state index contributed by atoms with van der Waals surface area (Å²) in [4.78, 5) is 14.5. The molecule has 142 valence electrons. The molecule has 7 heteroatoms. The van der Waals surface area contributed by atoms with Gasteiger partial charge in [0.05, 0.1) is 6.54 Å². The van der Waals surface area contributed by atoms with Gasteiger partial charge in [0.1, 0.15) is 12.6 Å². The van der Waals surface area contributed by atoms with E-state index in [1.165, 1.54) is 0 Å². The maximum absolute atomic E-state index is 12.8. The smallest absolute Gasteiger partial charge is 0.241 e. The van der Waals surface area contributed by atoms with Crippen molar-refractivity contribution in [3.8, 4) is 11.5 Å². The molecule has 1 amide bonds. The number of hydrazine groups is 1. The lowest BCUT2D eigenvalue weighted by atomic mass is 10.0. The van der Waals surface area contributed by atoms with Crippen LogP contribution in [0.4, 0.5) is 0 Å². The number of rotatable bonds is 4. The number of hydrogen-bond acceptors (Lipinski definition) is 5. The summed E-state index contributed by atoms with van der Waals surface area (Å²) in [5.74, 6) is 1.49. The Labute approximate surface area is 163 Å². The van der Waals surface area contributed by atoms with Gasteiger partial charge in [-0.15, -0.1) is 0 Å². The van der Waals surface area contributed by atoms with Gasteiger partial charge in [0.15, 0.2) is 17.6 Å². The second kappa shape index (κ2) is 7.76. The Morgan fingerprint density at radius 3 is 2.81 bits per heavy atom. The molecule has 2 aliphatic heterocycles. The lowest BCUT2D eigenvalue weighted by molar-refractivity contribution is -0.133. The Bertz CT molecular complexity index is 832. The number of halogens is 1. The van der Waals surface area contributed by atoms with Gasteiger partial charge in [-0.05, 0) is 36.2 Å². The summed E-state index contributed by atoms with van der Waals surface area (Å²) < 4.78 is 11.7. The fourth-order valence-electron chi connectivity index (χ4n) is 3.47. The van der Waals surface area contributed by atoms with Crippen LogP contribution in [0.2, 0.25) is 5.02 Å². The summed E-state index contributed by atoms with van der Waals surface area (Å²) in [6, 6.07) is 15.0. The van der Waals surface area contributed by atoms with Crippen LogP contribution in [0.1, 0.15) is 18.0 Å². The molecule has 27 heavy (non-hydrogen) atoms.